The molecule has 0 amide bonds. The lowest BCUT2D eigenvalue weighted by atomic mass is 10.0. The van der Waals surface area contributed by atoms with Gasteiger partial charge in [-0.05, 0) is 43.3 Å². The minimum atomic E-state index is -3.77. The van der Waals surface area contributed by atoms with E-state index in [0.29, 0.717) is 12.3 Å². The Labute approximate surface area is 183 Å². The first-order chi connectivity index (χ1) is 14.9. The summed E-state index contributed by atoms with van der Waals surface area (Å²) < 4.78 is 38.8. The van der Waals surface area contributed by atoms with E-state index in [-0.39, 0.29) is 18.0 Å². The predicted molar refractivity (Wildman–Crippen MR) is 117 cm³/mol. The summed E-state index contributed by atoms with van der Waals surface area (Å²) in [4.78, 5) is 2.07. The van der Waals surface area contributed by atoms with Crippen molar-refractivity contribution in [3.8, 4) is 5.75 Å². The number of rotatable bonds is 10. The highest BCUT2D eigenvalue weighted by molar-refractivity contribution is 7.89. The van der Waals surface area contributed by atoms with Crippen LogP contribution in [0.15, 0.2) is 59.5 Å². The van der Waals surface area contributed by atoms with Crippen molar-refractivity contribution in [1.29, 1.82) is 0 Å². The third-order valence-electron chi connectivity index (χ3n) is 5.59. The summed E-state index contributed by atoms with van der Waals surface area (Å²) in [7, 11) is -0.391. The van der Waals surface area contributed by atoms with Gasteiger partial charge >= 0.3 is 0 Å². The first kappa shape index (κ1) is 23.6. The molecule has 4 atom stereocenters. The maximum Gasteiger partial charge on any atom is 0.240 e. The summed E-state index contributed by atoms with van der Waals surface area (Å²) >= 11 is 0. The van der Waals surface area contributed by atoms with Crippen molar-refractivity contribution in [1.82, 2.24) is 9.62 Å². The molecule has 0 aromatic heterocycles. The molecule has 0 aliphatic carbocycles. The second-order valence-electron chi connectivity index (χ2n) is 7.62. The number of benzene rings is 2. The SMILES string of the molecule is COc1ccc(S(=O)(=O)NCC2OC(CO)C(O)C2N(C)CCc2ccccc2)cc1. The van der Waals surface area contributed by atoms with Crippen molar-refractivity contribution in [2.24, 2.45) is 0 Å². The van der Waals surface area contributed by atoms with Crippen molar-refractivity contribution in [3.05, 3.63) is 60.2 Å². The Hall–Kier alpha value is -2.01. The van der Waals surface area contributed by atoms with E-state index in [0.717, 1.165) is 6.42 Å². The number of hydrogen-bond acceptors (Lipinski definition) is 7. The van der Waals surface area contributed by atoms with Crippen LogP contribution in [-0.2, 0) is 21.2 Å². The van der Waals surface area contributed by atoms with Gasteiger partial charge in [-0.3, -0.25) is 4.90 Å². The van der Waals surface area contributed by atoms with Crippen molar-refractivity contribution in [2.45, 2.75) is 35.7 Å². The van der Waals surface area contributed by atoms with Gasteiger partial charge in [-0.1, -0.05) is 30.3 Å². The van der Waals surface area contributed by atoms with Gasteiger partial charge in [0.1, 0.15) is 18.0 Å². The van der Waals surface area contributed by atoms with Crippen LogP contribution < -0.4 is 9.46 Å². The Morgan fingerprint density at radius 1 is 1.10 bits per heavy atom. The largest absolute Gasteiger partial charge is 0.497 e. The molecule has 1 saturated heterocycles. The molecule has 1 fully saturated rings. The number of aliphatic hydroxyl groups is 2. The summed E-state index contributed by atoms with van der Waals surface area (Å²) in [6.45, 7) is 0.281. The van der Waals surface area contributed by atoms with Crippen molar-refractivity contribution in [3.63, 3.8) is 0 Å². The van der Waals surface area contributed by atoms with Crippen molar-refractivity contribution < 1.29 is 28.1 Å². The van der Waals surface area contributed by atoms with E-state index in [1.165, 1.54) is 24.8 Å². The topological polar surface area (TPSA) is 108 Å². The highest BCUT2D eigenvalue weighted by atomic mass is 32.2. The first-order valence-corrected chi connectivity index (χ1v) is 11.7. The zero-order valence-electron chi connectivity index (χ0n) is 17.7. The number of likely N-dealkylation sites (N-methyl/N-ethyl adjacent to an activating group) is 1. The second kappa shape index (κ2) is 10.5. The minimum Gasteiger partial charge on any atom is -0.497 e. The molecular formula is C22H30N2O6S. The Bertz CT molecular complexity index is 923. The maximum absolute atomic E-state index is 12.7. The summed E-state index contributed by atoms with van der Waals surface area (Å²) in [5.74, 6) is 0.562. The minimum absolute atomic E-state index is 0.0255. The quantitative estimate of drug-likeness (QED) is 0.487. The monoisotopic (exact) mass is 450 g/mol. The van der Waals surface area contributed by atoms with Crippen LogP contribution in [0.2, 0.25) is 0 Å². The molecule has 2 aromatic rings. The standard InChI is InChI=1S/C22H30N2O6S/c1-24(13-12-16-6-4-3-5-7-16)21-19(30-20(15-25)22(21)26)14-23-31(27,28)18-10-8-17(29-2)9-11-18/h3-11,19-23,25-26H,12-15H2,1-2H3. The van der Waals surface area contributed by atoms with Crippen LogP contribution in [0.3, 0.4) is 0 Å². The number of aliphatic hydroxyl groups excluding tert-OH is 2. The van der Waals surface area contributed by atoms with Crippen LogP contribution in [-0.4, -0.2) is 81.7 Å². The lowest BCUT2D eigenvalue weighted by molar-refractivity contribution is -0.0201. The average molecular weight is 451 g/mol. The number of nitrogens with zero attached hydrogens (tertiary/aromatic N) is 1. The van der Waals surface area contributed by atoms with Crippen LogP contribution in [0.1, 0.15) is 5.56 Å². The third kappa shape index (κ3) is 5.82. The summed E-state index contributed by atoms with van der Waals surface area (Å²) in [6, 6.07) is 15.6. The smallest absolute Gasteiger partial charge is 0.240 e. The van der Waals surface area contributed by atoms with Crippen LogP contribution in [0.25, 0.3) is 0 Å². The fourth-order valence-electron chi connectivity index (χ4n) is 3.82. The van der Waals surface area contributed by atoms with Crippen LogP contribution in [0.4, 0.5) is 0 Å². The molecule has 1 aliphatic heterocycles. The molecule has 9 heteroatoms. The van der Waals surface area contributed by atoms with E-state index in [1.54, 1.807) is 12.1 Å². The zero-order valence-corrected chi connectivity index (χ0v) is 18.5. The van der Waals surface area contributed by atoms with E-state index in [1.807, 2.05) is 42.3 Å². The number of ether oxygens (including phenoxy) is 2. The molecule has 8 nitrogen and oxygen atoms in total. The number of sulfonamides is 1. The first-order valence-electron chi connectivity index (χ1n) is 10.2. The van der Waals surface area contributed by atoms with Crippen LogP contribution >= 0.6 is 0 Å². The molecule has 31 heavy (non-hydrogen) atoms. The molecule has 0 spiro atoms. The lowest BCUT2D eigenvalue weighted by Gasteiger charge is -2.30. The van der Waals surface area contributed by atoms with Crippen molar-refractivity contribution in [2.75, 3.05) is 33.9 Å². The molecule has 170 valence electrons. The molecular weight excluding hydrogens is 420 g/mol. The molecule has 1 aliphatic rings. The van der Waals surface area contributed by atoms with E-state index in [9.17, 15) is 18.6 Å². The van der Waals surface area contributed by atoms with E-state index in [2.05, 4.69) is 4.72 Å². The average Bonchev–Trinajstić information content (AvgIpc) is 3.12. The zero-order chi connectivity index (χ0) is 22.4. The Balaban J connectivity index is 1.66. The van der Waals surface area contributed by atoms with Crippen LogP contribution in [0.5, 0.6) is 5.75 Å². The number of methoxy groups -OCH3 is 1. The van der Waals surface area contributed by atoms with Gasteiger partial charge < -0.3 is 19.7 Å². The van der Waals surface area contributed by atoms with Gasteiger partial charge in [-0.25, -0.2) is 13.1 Å². The molecule has 2 aromatic carbocycles. The fourth-order valence-corrected chi connectivity index (χ4v) is 4.86. The predicted octanol–water partition coefficient (Wildman–Crippen LogP) is 0.637. The summed E-state index contributed by atoms with van der Waals surface area (Å²) in [5.41, 5.74) is 1.17. The molecule has 0 bridgehead atoms. The van der Waals surface area contributed by atoms with Gasteiger partial charge in [0.05, 0.1) is 30.8 Å². The van der Waals surface area contributed by atoms with Gasteiger partial charge in [0.25, 0.3) is 0 Å². The van der Waals surface area contributed by atoms with Gasteiger partial charge in [0.2, 0.25) is 10.0 Å². The molecule has 0 radical (unpaired) electrons. The number of hydrogen-bond donors (Lipinski definition) is 3. The highest BCUT2D eigenvalue weighted by Gasteiger charge is 2.45. The molecule has 1 heterocycles. The Morgan fingerprint density at radius 3 is 2.39 bits per heavy atom. The Morgan fingerprint density at radius 2 is 1.77 bits per heavy atom. The van der Waals surface area contributed by atoms with E-state index >= 15 is 0 Å². The van der Waals surface area contributed by atoms with E-state index < -0.39 is 34.4 Å². The van der Waals surface area contributed by atoms with Gasteiger partial charge in [-0.2, -0.15) is 0 Å². The normalized spacial score (nSPS) is 23.9. The third-order valence-corrected chi connectivity index (χ3v) is 7.03. The summed E-state index contributed by atoms with van der Waals surface area (Å²) in [5, 5.41) is 20.2. The van der Waals surface area contributed by atoms with Gasteiger partial charge in [-0.15, -0.1) is 0 Å². The summed E-state index contributed by atoms with van der Waals surface area (Å²) in [6.07, 6.45) is -1.53. The molecule has 3 rings (SSSR count). The van der Waals surface area contributed by atoms with E-state index in [4.69, 9.17) is 9.47 Å². The molecule has 3 N–H and O–H groups in total. The second-order valence-corrected chi connectivity index (χ2v) is 9.39. The molecule has 4 unspecified atom stereocenters. The lowest BCUT2D eigenvalue weighted by Crippen LogP contribution is -2.50. The number of nitrogens with one attached hydrogen (secondary N) is 1. The van der Waals surface area contributed by atoms with Crippen molar-refractivity contribution >= 4 is 10.0 Å². The Kier molecular flexibility index (Phi) is 8.04. The van der Waals surface area contributed by atoms with Gasteiger partial charge in [0, 0.05) is 13.1 Å². The fraction of sp³-hybridized carbons (Fsp3) is 0.455. The van der Waals surface area contributed by atoms with Crippen LogP contribution in [0, 0.1) is 0 Å². The van der Waals surface area contributed by atoms with Gasteiger partial charge in [0.15, 0.2) is 0 Å². The molecule has 0 saturated carbocycles. The maximum atomic E-state index is 12.7. The highest BCUT2D eigenvalue weighted by Crippen LogP contribution is 2.26.